The lowest BCUT2D eigenvalue weighted by Crippen LogP contribution is -2.01. The van der Waals surface area contributed by atoms with Crippen molar-refractivity contribution in [2.75, 3.05) is 0 Å². The molecule has 0 spiro atoms. The first-order chi connectivity index (χ1) is 9.19. The number of halogens is 1. The van der Waals surface area contributed by atoms with E-state index in [2.05, 4.69) is 0 Å². The summed E-state index contributed by atoms with van der Waals surface area (Å²) in [6.07, 6.45) is 1.04. The molecule has 0 saturated carbocycles. The Labute approximate surface area is 117 Å². The van der Waals surface area contributed by atoms with E-state index in [-0.39, 0.29) is 11.6 Å². The van der Waals surface area contributed by atoms with Gasteiger partial charge in [-0.2, -0.15) is 0 Å². The number of hydrogen-bond donors (Lipinski definition) is 0. The van der Waals surface area contributed by atoms with Crippen LogP contribution >= 0.6 is 12.2 Å². The Morgan fingerprint density at radius 2 is 1.68 bits per heavy atom. The standard InChI is InChI=1S/C16H13FOS/c17-15-8-3-12(4-9-15)5-10-16(18)14-6-1-13(11-19)2-7-14/h1-4,6-9,11H,5,10H2. The molecule has 0 atom stereocenters. The Morgan fingerprint density at radius 1 is 1.05 bits per heavy atom. The second-order valence-electron chi connectivity index (χ2n) is 4.29. The number of Topliss-reactive ketones (excluding diaryl/α,β-unsaturated/α-hetero) is 1. The Hall–Kier alpha value is -1.87. The molecule has 2 aromatic carbocycles. The Bertz CT molecular complexity index is 573. The van der Waals surface area contributed by atoms with Crippen LogP contribution in [0, 0.1) is 5.82 Å². The van der Waals surface area contributed by atoms with Crippen LogP contribution in [0.15, 0.2) is 48.5 Å². The van der Waals surface area contributed by atoms with Gasteiger partial charge in [-0.05, 0) is 29.7 Å². The van der Waals surface area contributed by atoms with Gasteiger partial charge in [-0.1, -0.05) is 48.6 Å². The highest BCUT2D eigenvalue weighted by molar-refractivity contribution is 7.79. The Kier molecular flexibility index (Phi) is 4.53. The third-order valence-electron chi connectivity index (χ3n) is 2.92. The minimum atomic E-state index is -0.258. The lowest BCUT2D eigenvalue weighted by atomic mass is 10.0. The van der Waals surface area contributed by atoms with Crippen LogP contribution in [0.1, 0.15) is 27.9 Å². The second-order valence-corrected chi connectivity index (χ2v) is 4.53. The van der Waals surface area contributed by atoms with Gasteiger partial charge >= 0.3 is 0 Å². The maximum atomic E-state index is 12.7. The molecular formula is C16H13FOS. The average molecular weight is 272 g/mol. The van der Waals surface area contributed by atoms with Gasteiger partial charge in [-0.15, -0.1) is 0 Å². The predicted molar refractivity (Wildman–Crippen MR) is 78.3 cm³/mol. The maximum absolute atomic E-state index is 12.7. The molecule has 0 aromatic heterocycles. The summed E-state index contributed by atoms with van der Waals surface area (Å²) in [7, 11) is 0. The van der Waals surface area contributed by atoms with E-state index in [1.165, 1.54) is 12.1 Å². The summed E-state index contributed by atoms with van der Waals surface area (Å²) in [6, 6.07) is 13.5. The zero-order valence-corrected chi connectivity index (χ0v) is 11.1. The van der Waals surface area contributed by atoms with Gasteiger partial charge in [0.2, 0.25) is 0 Å². The Morgan fingerprint density at radius 3 is 2.26 bits per heavy atom. The fourth-order valence-corrected chi connectivity index (χ4v) is 1.96. The summed E-state index contributed by atoms with van der Waals surface area (Å²) in [5.41, 5.74) is 2.57. The molecule has 0 amide bonds. The van der Waals surface area contributed by atoms with Gasteiger partial charge < -0.3 is 0 Å². The molecule has 0 N–H and O–H groups in total. The van der Waals surface area contributed by atoms with Gasteiger partial charge in [-0.25, -0.2) is 4.39 Å². The van der Waals surface area contributed by atoms with Gasteiger partial charge in [0, 0.05) is 17.4 Å². The maximum Gasteiger partial charge on any atom is 0.163 e. The van der Waals surface area contributed by atoms with Crippen molar-refractivity contribution in [3.63, 3.8) is 0 Å². The number of rotatable bonds is 5. The SMILES string of the molecule is O=C(CCc1ccc(F)cc1)c1ccc(C=S)cc1. The van der Waals surface area contributed by atoms with E-state index in [1.54, 1.807) is 29.6 Å². The zero-order chi connectivity index (χ0) is 13.7. The van der Waals surface area contributed by atoms with Crippen LogP contribution in [0.4, 0.5) is 4.39 Å². The minimum absolute atomic E-state index is 0.0836. The Balaban J connectivity index is 1.96. The smallest absolute Gasteiger partial charge is 0.163 e. The molecule has 0 bridgehead atoms. The molecule has 96 valence electrons. The van der Waals surface area contributed by atoms with Crippen molar-refractivity contribution in [2.24, 2.45) is 0 Å². The van der Waals surface area contributed by atoms with Crippen molar-refractivity contribution in [2.45, 2.75) is 12.8 Å². The van der Waals surface area contributed by atoms with E-state index in [1.807, 2.05) is 12.1 Å². The number of hydrogen-bond acceptors (Lipinski definition) is 2. The summed E-state index contributed by atoms with van der Waals surface area (Å²) >= 11 is 4.81. The van der Waals surface area contributed by atoms with Gasteiger partial charge in [0.05, 0.1) is 0 Å². The molecule has 2 rings (SSSR count). The third kappa shape index (κ3) is 3.80. The highest BCUT2D eigenvalue weighted by Crippen LogP contribution is 2.10. The average Bonchev–Trinajstić information content (AvgIpc) is 2.46. The monoisotopic (exact) mass is 272 g/mol. The number of carbonyl (C=O) groups is 1. The second kappa shape index (κ2) is 6.34. The van der Waals surface area contributed by atoms with E-state index in [4.69, 9.17) is 12.2 Å². The molecule has 0 saturated heterocycles. The van der Waals surface area contributed by atoms with E-state index < -0.39 is 0 Å². The van der Waals surface area contributed by atoms with Crippen molar-refractivity contribution >= 4 is 23.4 Å². The lowest BCUT2D eigenvalue weighted by Gasteiger charge is -2.02. The van der Waals surface area contributed by atoms with Gasteiger partial charge in [-0.3, -0.25) is 4.79 Å². The summed E-state index contributed by atoms with van der Waals surface area (Å²) < 4.78 is 12.7. The van der Waals surface area contributed by atoms with Crippen LogP contribution in [0.5, 0.6) is 0 Å². The van der Waals surface area contributed by atoms with E-state index in [0.717, 1.165) is 11.1 Å². The van der Waals surface area contributed by atoms with Crippen LogP contribution < -0.4 is 0 Å². The number of thiocarbonyl (C=S) groups is 1. The van der Waals surface area contributed by atoms with Gasteiger partial charge in [0.15, 0.2) is 5.78 Å². The van der Waals surface area contributed by atoms with E-state index in [0.29, 0.717) is 18.4 Å². The predicted octanol–water partition coefficient (Wildman–Crippen LogP) is 3.99. The first-order valence-electron chi connectivity index (χ1n) is 6.02. The first-order valence-corrected chi connectivity index (χ1v) is 6.49. The van der Waals surface area contributed by atoms with Gasteiger partial charge in [0.25, 0.3) is 0 Å². The molecule has 19 heavy (non-hydrogen) atoms. The molecule has 0 unspecified atom stereocenters. The molecule has 3 heteroatoms. The van der Waals surface area contributed by atoms with E-state index >= 15 is 0 Å². The summed E-state index contributed by atoms with van der Waals surface area (Å²) in [5.74, 6) is -0.175. The normalized spacial score (nSPS) is 10.2. The first kappa shape index (κ1) is 13.6. The molecule has 2 aromatic rings. The van der Waals surface area contributed by atoms with Crippen molar-refractivity contribution in [1.29, 1.82) is 0 Å². The largest absolute Gasteiger partial charge is 0.294 e. The zero-order valence-electron chi connectivity index (χ0n) is 10.3. The van der Waals surface area contributed by atoms with Crippen molar-refractivity contribution in [3.05, 3.63) is 71.0 Å². The van der Waals surface area contributed by atoms with Crippen LogP contribution in [-0.2, 0) is 6.42 Å². The van der Waals surface area contributed by atoms with Crippen LogP contribution in [0.25, 0.3) is 0 Å². The minimum Gasteiger partial charge on any atom is -0.294 e. The quantitative estimate of drug-likeness (QED) is 0.604. The van der Waals surface area contributed by atoms with Crippen molar-refractivity contribution in [1.82, 2.24) is 0 Å². The van der Waals surface area contributed by atoms with E-state index in [9.17, 15) is 9.18 Å². The van der Waals surface area contributed by atoms with Crippen molar-refractivity contribution < 1.29 is 9.18 Å². The number of carbonyl (C=O) groups excluding carboxylic acids is 1. The number of ketones is 1. The molecule has 1 nitrogen and oxygen atoms in total. The third-order valence-corrected chi connectivity index (χ3v) is 3.19. The number of benzene rings is 2. The summed E-state index contributed by atoms with van der Waals surface area (Å²) in [4.78, 5) is 12.0. The van der Waals surface area contributed by atoms with Crippen LogP contribution in [0.3, 0.4) is 0 Å². The summed E-state index contributed by atoms with van der Waals surface area (Å²) in [6.45, 7) is 0. The lowest BCUT2D eigenvalue weighted by molar-refractivity contribution is 0.0983. The molecular weight excluding hydrogens is 259 g/mol. The molecule has 0 radical (unpaired) electrons. The summed E-state index contributed by atoms with van der Waals surface area (Å²) in [5, 5.41) is 1.58. The highest BCUT2D eigenvalue weighted by atomic mass is 32.1. The topological polar surface area (TPSA) is 17.1 Å². The van der Waals surface area contributed by atoms with Crippen LogP contribution in [0.2, 0.25) is 0 Å². The van der Waals surface area contributed by atoms with Gasteiger partial charge in [0.1, 0.15) is 5.82 Å². The highest BCUT2D eigenvalue weighted by Gasteiger charge is 2.06. The van der Waals surface area contributed by atoms with Crippen molar-refractivity contribution in [3.8, 4) is 0 Å². The molecule has 0 aliphatic heterocycles. The fourth-order valence-electron chi connectivity index (χ4n) is 1.80. The molecule has 0 aliphatic carbocycles. The molecule has 0 aliphatic rings. The molecule has 0 heterocycles. The molecule has 0 fully saturated rings. The number of aryl methyl sites for hydroxylation is 1. The van der Waals surface area contributed by atoms with Crippen LogP contribution in [-0.4, -0.2) is 11.2 Å². The fraction of sp³-hybridized carbons (Fsp3) is 0.125.